The van der Waals surface area contributed by atoms with Gasteiger partial charge >= 0.3 is 0 Å². The van der Waals surface area contributed by atoms with E-state index in [4.69, 9.17) is 11.6 Å². The zero-order valence-electron chi connectivity index (χ0n) is 17.1. The van der Waals surface area contributed by atoms with Gasteiger partial charge < -0.3 is 10.6 Å². The Morgan fingerprint density at radius 3 is 2.42 bits per heavy atom. The van der Waals surface area contributed by atoms with Gasteiger partial charge in [0.05, 0.1) is 10.1 Å². The monoisotopic (exact) mass is 481 g/mol. The summed E-state index contributed by atoms with van der Waals surface area (Å²) in [6.45, 7) is 3.80. The highest BCUT2D eigenvalue weighted by molar-refractivity contribution is 8.01. The number of nitrogens with one attached hydrogen (secondary N) is 3. The number of carbonyl (C=O) groups is 2. The Hall–Kier alpha value is -2.07. The molecule has 0 aromatic heterocycles. The van der Waals surface area contributed by atoms with Crippen molar-refractivity contribution in [3.63, 3.8) is 0 Å². The largest absolute Gasteiger partial charge is 0.331 e. The Balaban J connectivity index is 1.61. The standard InChI is InChI=1S/C21H24ClN3O4S2/c1-3-17(19(26)24-15-8-4-13(2)5-9-15)30-21-23-12-18(20(27)25-21)31(28,29)16-10-6-14(22)7-11-16/h4-11,17-18,21,23H,3,12H2,1-2H3,(H,24,26)(H,25,27). The van der Waals surface area contributed by atoms with Gasteiger partial charge in [-0.2, -0.15) is 0 Å². The highest BCUT2D eigenvalue weighted by atomic mass is 35.5. The van der Waals surface area contributed by atoms with Crippen LogP contribution in [-0.2, 0) is 19.4 Å². The average molecular weight is 482 g/mol. The van der Waals surface area contributed by atoms with Gasteiger partial charge in [-0.25, -0.2) is 8.42 Å². The van der Waals surface area contributed by atoms with Crippen LogP contribution in [0.25, 0.3) is 0 Å². The second kappa shape index (κ2) is 10.0. The molecule has 0 aliphatic carbocycles. The van der Waals surface area contributed by atoms with Crippen LogP contribution >= 0.6 is 23.4 Å². The van der Waals surface area contributed by atoms with Crippen LogP contribution < -0.4 is 16.0 Å². The molecular weight excluding hydrogens is 458 g/mol. The number of aryl methyl sites for hydroxylation is 1. The fourth-order valence-corrected chi connectivity index (χ4v) is 5.78. The van der Waals surface area contributed by atoms with E-state index < -0.39 is 31.7 Å². The Kier molecular flexibility index (Phi) is 7.64. The van der Waals surface area contributed by atoms with E-state index in [-0.39, 0.29) is 17.3 Å². The number of carbonyl (C=O) groups excluding carboxylic acids is 2. The van der Waals surface area contributed by atoms with Crippen LogP contribution in [0.3, 0.4) is 0 Å². The predicted molar refractivity (Wildman–Crippen MR) is 124 cm³/mol. The second-order valence-electron chi connectivity index (χ2n) is 7.17. The van der Waals surface area contributed by atoms with Crippen LogP contribution in [0.4, 0.5) is 5.69 Å². The summed E-state index contributed by atoms with van der Waals surface area (Å²) < 4.78 is 25.6. The van der Waals surface area contributed by atoms with E-state index in [1.54, 1.807) is 0 Å². The molecule has 1 heterocycles. The van der Waals surface area contributed by atoms with Crippen molar-refractivity contribution >= 4 is 50.7 Å². The van der Waals surface area contributed by atoms with E-state index in [0.29, 0.717) is 17.1 Å². The summed E-state index contributed by atoms with van der Waals surface area (Å²) in [4.78, 5) is 25.3. The number of thioether (sulfide) groups is 1. The average Bonchev–Trinajstić information content (AvgIpc) is 2.73. The molecule has 0 saturated carbocycles. The van der Waals surface area contributed by atoms with Crippen molar-refractivity contribution < 1.29 is 18.0 Å². The third kappa shape index (κ3) is 5.79. The van der Waals surface area contributed by atoms with E-state index >= 15 is 0 Å². The second-order valence-corrected chi connectivity index (χ2v) is 11.1. The van der Waals surface area contributed by atoms with E-state index in [0.717, 1.165) is 5.56 Å². The summed E-state index contributed by atoms with van der Waals surface area (Å²) in [5.41, 5.74) is 1.22. The molecule has 1 fully saturated rings. The topological polar surface area (TPSA) is 104 Å². The predicted octanol–water partition coefficient (Wildman–Crippen LogP) is 2.94. The van der Waals surface area contributed by atoms with Crippen molar-refractivity contribution in [2.75, 3.05) is 11.9 Å². The van der Waals surface area contributed by atoms with Crippen molar-refractivity contribution in [3.8, 4) is 0 Å². The molecule has 3 N–H and O–H groups in total. The first-order valence-corrected chi connectivity index (χ1v) is 12.6. The SMILES string of the molecule is CCC(SC1NCC(S(=O)(=O)c2ccc(Cl)cc2)C(=O)N1)C(=O)Nc1ccc(C)cc1. The number of benzene rings is 2. The van der Waals surface area contributed by atoms with E-state index in [1.807, 2.05) is 38.1 Å². The molecule has 166 valence electrons. The van der Waals surface area contributed by atoms with Crippen molar-refractivity contribution in [1.29, 1.82) is 0 Å². The van der Waals surface area contributed by atoms with Gasteiger partial charge in [0, 0.05) is 17.3 Å². The number of hydrogen-bond donors (Lipinski definition) is 3. The zero-order valence-corrected chi connectivity index (χ0v) is 19.5. The summed E-state index contributed by atoms with van der Waals surface area (Å²) in [5, 5.41) is 7.30. The summed E-state index contributed by atoms with van der Waals surface area (Å²) in [6.07, 6.45) is 0.545. The van der Waals surface area contributed by atoms with Gasteiger partial charge in [-0.1, -0.05) is 36.2 Å². The van der Waals surface area contributed by atoms with Crippen LogP contribution in [0.1, 0.15) is 18.9 Å². The molecule has 1 aliphatic heterocycles. The molecule has 0 radical (unpaired) electrons. The maximum absolute atomic E-state index is 12.8. The quantitative estimate of drug-likeness (QED) is 0.561. The number of sulfone groups is 1. The molecule has 2 amide bonds. The van der Waals surface area contributed by atoms with Crippen LogP contribution in [0.15, 0.2) is 53.4 Å². The van der Waals surface area contributed by atoms with Gasteiger partial charge in [0.1, 0.15) is 5.50 Å². The highest BCUT2D eigenvalue weighted by Gasteiger charge is 2.39. The summed E-state index contributed by atoms with van der Waals surface area (Å²) in [5.74, 6) is -0.775. The summed E-state index contributed by atoms with van der Waals surface area (Å²) >= 11 is 7.06. The third-order valence-corrected chi connectivity index (χ3v) is 8.60. The highest BCUT2D eigenvalue weighted by Crippen LogP contribution is 2.25. The first-order chi connectivity index (χ1) is 14.7. The fourth-order valence-electron chi connectivity index (χ4n) is 3.07. The van der Waals surface area contributed by atoms with E-state index in [2.05, 4.69) is 16.0 Å². The lowest BCUT2D eigenvalue weighted by atomic mass is 10.2. The number of amides is 2. The molecule has 1 saturated heterocycles. The molecule has 3 unspecified atom stereocenters. The van der Waals surface area contributed by atoms with Gasteiger partial charge in [0.15, 0.2) is 15.1 Å². The van der Waals surface area contributed by atoms with Crippen molar-refractivity contribution in [1.82, 2.24) is 10.6 Å². The minimum atomic E-state index is -3.87. The summed E-state index contributed by atoms with van der Waals surface area (Å²) in [6, 6.07) is 13.2. The number of hydrogen-bond acceptors (Lipinski definition) is 6. The molecule has 3 atom stereocenters. The van der Waals surface area contributed by atoms with Gasteiger partial charge in [0.25, 0.3) is 0 Å². The zero-order chi connectivity index (χ0) is 22.6. The van der Waals surface area contributed by atoms with Gasteiger partial charge in [0.2, 0.25) is 11.8 Å². The molecule has 2 aromatic rings. The maximum Gasteiger partial charge on any atom is 0.241 e. The Morgan fingerprint density at radius 1 is 1.19 bits per heavy atom. The third-order valence-electron chi connectivity index (χ3n) is 4.85. The Morgan fingerprint density at radius 2 is 1.84 bits per heavy atom. The minimum Gasteiger partial charge on any atom is -0.331 e. The molecule has 10 heteroatoms. The molecule has 0 bridgehead atoms. The van der Waals surface area contributed by atoms with Gasteiger partial charge in [-0.15, -0.1) is 11.8 Å². The van der Waals surface area contributed by atoms with E-state index in [9.17, 15) is 18.0 Å². The molecule has 31 heavy (non-hydrogen) atoms. The lowest BCUT2D eigenvalue weighted by Crippen LogP contribution is -2.60. The lowest BCUT2D eigenvalue weighted by molar-refractivity contribution is -0.122. The van der Waals surface area contributed by atoms with Gasteiger partial charge in [-0.3, -0.25) is 14.9 Å². The molecule has 7 nitrogen and oxygen atoms in total. The molecular formula is C21H24ClN3O4S2. The fraction of sp³-hybridized carbons (Fsp3) is 0.333. The smallest absolute Gasteiger partial charge is 0.241 e. The van der Waals surface area contributed by atoms with Crippen molar-refractivity contribution in [2.45, 2.75) is 41.2 Å². The molecule has 0 spiro atoms. The number of rotatable bonds is 7. The van der Waals surface area contributed by atoms with Crippen molar-refractivity contribution in [2.24, 2.45) is 0 Å². The maximum atomic E-state index is 12.8. The molecule has 1 aliphatic rings. The first kappa shape index (κ1) is 23.6. The lowest BCUT2D eigenvalue weighted by Gasteiger charge is -2.31. The van der Waals surface area contributed by atoms with E-state index in [1.165, 1.54) is 36.0 Å². The van der Waals surface area contributed by atoms with Crippen LogP contribution in [0.2, 0.25) is 5.02 Å². The molecule has 2 aromatic carbocycles. The summed E-state index contributed by atoms with van der Waals surface area (Å²) in [7, 11) is -3.87. The normalized spacial score (nSPS) is 20.0. The van der Waals surface area contributed by atoms with Gasteiger partial charge in [-0.05, 0) is 49.7 Å². The first-order valence-electron chi connectivity index (χ1n) is 9.77. The van der Waals surface area contributed by atoms with Crippen LogP contribution in [-0.4, -0.2) is 42.8 Å². The van der Waals surface area contributed by atoms with Crippen molar-refractivity contribution in [3.05, 3.63) is 59.1 Å². The number of anilines is 1. The Bertz CT molecular complexity index is 1040. The number of halogens is 1. The molecule has 3 rings (SSSR count). The minimum absolute atomic E-state index is 0.0360. The van der Waals surface area contributed by atoms with Crippen LogP contribution in [0, 0.1) is 6.92 Å². The van der Waals surface area contributed by atoms with Crippen LogP contribution in [0.5, 0.6) is 0 Å². The Labute approximate surface area is 191 Å².